The third kappa shape index (κ3) is 64.6. The van der Waals surface area contributed by atoms with Crippen LogP contribution >= 0.6 is 0 Å². The van der Waals surface area contributed by atoms with Crippen LogP contribution in [0.3, 0.4) is 0 Å². The molecule has 0 aliphatic heterocycles. The number of carbonyl (C=O) groups excluding carboxylic acids is 3. The van der Waals surface area contributed by atoms with Crippen LogP contribution in [0.5, 0.6) is 0 Å². The number of allylic oxidation sites excluding steroid dienone is 20. The number of rotatable bonds is 60. The maximum atomic E-state index is 12.9. The summed E-state index contributed by atoms with van der Waals surface area (Å²) < 4.78 is 16.9. The molecule has 0 N–H and O–H groups in total. The molecule has 0 aliphatic carbocycles. The Bertz CT molecular complexity index is 1650. The van der Waals surface area contributed by atoms with Gasteiger partial charge in [0.15, 0.2) is 6.10 Å². The molecule has 0 saturated heterocycles. The largest absolute Gasteiger partial charge is 0.462 e. The summed E-state index contributed by atoms with van der Waals surface area (Å²) in [5.41, 5.74) is 0. The van der Waals surface area contributed by atoms with Gasteiger partial charge in [-0.15, -0.1) is 0 Å². The van der Waals surface area contributed by atoms with E-state index in [1.165, 1.54) is 141 Å². The van der Waals surface area contributed by atoms with E-state index in [0.717, 1.165) is 128 Å². The highest BCUT2D eigenvalue weighted by Crippen LogP contribution is 2.16. The maximum Gasteiger partial charge on any atom is 0.306 e. The second-order valence-corrected chi connectivity index (χ2v) is 22.0. The lowest BCUT2D eigenvalue weighted by Gasteiger charge is -2.18. The second-order valence-electron chi connectivity index (χ2n) is 22.0. The molecular formula is C74H124O6. The SMILES string of the molecule is CC/C=C\C/C=C\C/C=C\C/C=C\C/C=C\C/C=C\C/C=C\C/C=C\CCCCCCCCCCC(=O)OCC(COC(=O)CCCCCCCCCCCCC)OC(=O)CCCCCCCCC/C=C\C/C=C\CCCCCC. The van der Waals surface area contributed by atoms with E-state index in [2.05, 4.69) is 142 Å². The van der Waals surface area contributed by atoms with Gasteiger partial charge in [-0.1, -0.05) is 296 Å². The van der Waals surface area contributed by atoms with E-state index in [1.54, 1.807) is 0 Å². The average molecular weight is 1110 g/mol. The van der Waals surface area contributed by atoms with E-state index in [1.807, 2.05) is 0 Å². The summed E-state index contributed by atoms with van der Waals surface area (Å²) in [7, 11) is 0. The molecule has 1 atom stereocenters. The van der Waals surface area contributed by atoms with Crippen molar-refractivity contribution in [3.05, 3.63) is 122 Å². The first kappa shape index (κ1) is 75.8. The lowest BCUT2D eigenvalue weighted by molar-refractivity contribution is -0.167. The summed E-state index contributed by atoms with van der Waals surface area (Å²) in [5.74, 6) is -0.892. The zero-order valence-corrected chi connectivity index (χ0v) is 52.3. The van der Waals surface area contributed by atoms with Crippen LogP contribution in [0.2, 0.25) is 0 Å². The number of hydrogen-bond acceptors (Lipinski definition) is 6. The average Bonchev–Trinajstić information content (AvgIpc) is 3.46. The molecule has 0 fully saturated rings. The highest BCUT2D eigenvalue weighted by Gasteiger charge is 2.19. The zero-order valence-electron chi connectivity index (χ0n) is 52.3. The van der Waals surface area contributed by atoms with E-state index in [-0.39, 0.29) is 31.1 Å². The standard InChI is InChI=1S/C74H124O6/c1-4-7-10-13-16-19-22-24-26-28-30-31-32-33-34-35-36-37-38-39-40-41-42-43-44-46-47-49-52-55-58-61-64-67-73(76)79-70-71(69-78-72(75)66-63-60-57-54-51-21-18-15-12-9-6-3)80-74(77)68-65-62-59-56-53-50-48-45-29-27-25-23-20-17-14-11-8-5-2/h7,10,16,19-20,23-24,26-27,29-31,33-34,36-37,39-40,42-43,71H,4-6,8-9,11-15,17-18,21-22,25,28,32,35,38,41,44-70H2,1-3H3/b10-7-,19-16-,23-20-,26-24-,29-27-,31-30-,34-33-,37-36-,40-39-,43-42-. The van der Waals surface area contributed by atoms with Crippen molar-refractivity contribution in [1.29, 1.82) is 0 Å². The molecule has 0 aromatic heterocycles. The van der Waals surface area contributed by atoms with Gasteiger partial charge in [0.05, 0.1) is 0 Å². The van der Waals surface area contributed by atoms with Crippen LogP contribution in [0.1, 0.15) is 310 Å². The molecule has 456 valence electrons. The van der Waals surface area contributed by atoms with Gasteiger partial charge < -0.3 is 14.2 Å². The molecule has 0 spiro atoms. The highest BCUT2D eigenvalue weighted by molar-refractivity contribution is 5.71. The number of carbonyl (C=O) groups is 3. The third-order valence-corrected chi connectivity index (χ3v) is 14.2. The molecule has 6 heteroatoms. The molecule has 1 unspecified atom stereocenters. The van der Waals surface area contributed by atoms with Crippen molar-refractivity contribution in [3.8, 4) is 0 Å². The van der Waals surface area contributed by atoms with Gasteiger partial charge in [0, 0.05) is 19.3 Å². The van der Waals surface area contributed by atoms with Crippen LogP contribution in [0.25, 0.3) is 0 Å². The van der Waals surface area contributed by atoms with Gasteiger partial charge in [0.25, 0.3) is 0 Å². The van der Waals surface area contributed by atoms with Crippen LogP contribution < -0.4 is 0 Å². The topological polar surface area (TPSA) is 78.9 Å². The fourth-order valence-corrected chi connectivity index (χ4v) is 9.20. The minimum absolute atomic E-state index is 0.0825. The third-order valence-electron chi connectivity index (χ3n) is 14.2. The maximum absolute atomic E-state index is 12.9. The predicted octanol–water partition coefficient (Wildman–Crippen LogP) is 23.2. The van der Waals surface area contributed by atoms with E-state index in [4.69, 9.17) is 14.2 Å². The van der Waals surface area contributed by atoms with Gasteiger partial charge >= 0.3 is 17.9 Å². The molecule has 0 saturated carbocycles. The van der Waals surface area contributed by atoms with Crippen molar-refractivity contribution in [2.75, 3.05) is 13.2 Å². The Kier molecular flexibility index (Phi) is 63.8. The Labute approximate surface area is 494 Å². The Balaban J connectivity index is 4.26. The van der Waals surface area contributed by atoms with E-state index < -0.39 is 6.10 Å². The van der Waals surface area contributed by atoms with Crippen molar-refractivity contribution in [3.63, 3.8) is 0 Å². The van der Waals surface area contributed by atoms with Gasteiger partial charge in [-0.3, -0.25) is 14.4 Å². The van der Waals surface area contributed by atoms with Crippen molar-refractivity contribution in [2.24, 2.45) is 0 Å². The first-order valence-electron chi connectivity index (χ1n) is 33.5. The van der Waals surface area contributed by atoms with Crippen molar-refractivity contribution in [1.82, 2.24) is 0 Å². The van der Waals surface area contributed by atoms with Gasteiger partial charge in [0.2, 0.25) is 0 Å². The highest BCUT2D eigenvalue weighted by atomic mass is 16.6. The predicted molar refractivity (Wildman–Crippen MR) is 348 cm³/mol. The Morgan fingerprint density at radius 2 is 0.487 bits per heavy atom. The van der Waals surface area contributed by atoms with Crippen molar-refractivity contribution >= 4 is 17.9 Å². The summed E-state index contributed by atoms with van der Waals surface area (Å²) in [4.78, 5) is 38.3. The smallest absolute Gasteiger partial charge is 0.306 e. The lowest BCUT2D eigenvalue weighted by atomic mass is 10.1. The molecular weight excluding hydrogens is 985 g/mol. The molecule has 80 heavy (non-hydrogen) atoms. The Morgan fingerprint density at radius 3 is 0.775 bits per heavy atom. The first-order chi connectivity index (χ1) is 39.5. The van der Waals surface area contributed by atoms with Crippen LogP contribution in [-0.4, -0.2) is 37.2 Å². The molecule has 0 aromatic carbocycles. The monoisotopic (exact) mass is 1110 g/mol. The summed E-state index contributed by atoms with van der Waals surface area (Å²) in [6.07, 6.45) is 93.5. The van der Waals surface area contributed by atoms with Gasteiger partial charge in [-0.25, -0.2) is 0 Å². The van der Waals surface area contributed by atoms with Crippen LogP contribution in [-0.2, 0) is 28.6 Å². The minimum Gasteiger partial charge on any atom is -0.462 e. The summed E-state index contributed by atoms with van der Waals surface area (Å²) in [6, 6.07) is 0. The van der Waals surface area contributed by atoms with Crippen LogP contribution in [0, 0.1) is 0 Å². The zero-order chi connectivity index (χ0) is 57.8. The number of esters is 3. The summed E-state index contributed by atoms with van der Waals surface area (Å²) in [6.45, 7) is 6.51. The van der Waals surface area contributed by atoms with E-state index in [0.29, 0.717) is 19.3 Å². The lowest BCUT2D eigenvalue weighted by Crippen LogP contribution is -2.30. The quantitative estimate of drug-likeness (QED) is 0.0261. The molecule has 0 rings (SSSR count). The molecule has 0 aliphatic rings. The normalized spacial score (nSPS) is 12.9. The van der Waals surface area contributed by atoms with E-state index >= 15 is 0 Å². The fourth-order valence-electron chi connectivity index (χ4n) is 9.20. The first-order valence-corrected chi connectivity index (χ1v) is 33.5. The Hall–Kier alpha value is -4.19. The van der Waals surface area contributed by atoms with Crippen LogP contribution in [0.4, 0.5) is 0 Å². The molecule has 0 aromatic rings. The summed E-state index contributed by atoms with van der Waals surface area (Å²) >= 11 is 0. The molecule has 0 radical (unpaired) electrons. The van der Waals surface area contributed by atoms with Gasteiger partial charge in [0.1, 0.15) is 13.2 Å². The molecule has 0 heterocycles. The Morgan fingerprint density at radius 1 is 0.263 bits per heavy atom. The molecule has 6 nitrogen and oxygen atoms in total. The van der Waals surface area contributed by atoms with E-state index in [9.17, 15) is 14.4 Å². The number of hydrogen-bond donors (Lipinski definition) is 0. The number of unbranched alkanes of at least 4 members (excludes halogenated alkanes) is 29. The molecule has 0 amide bonds. The number of ether oxygens (including phenoxy) is 3. The van der Waals surface area contributed by atoms with Crippen LogP contribution in [0.15, 0.2) is 122 Å². The second kappa shape index (κ2) is 67.3. The van der Waals surface area contributed by atoms with Gasteiger partial charge in [-0.05, 0) is 116 Å². The van der Waals surface area contributed by atoms with Crippen molar-refractivity contribution < 1.29 is 28.6 Å². The van der Waals surface area contributed by atoms with Crippen molar-refractivity contribution in [2.45, 2.75) is 316 Å². The van der Waals surface area contributed by atoms with Gasteiger partial charge in [-0.2, -0.15) is 0 Å². The summed E-state index contributed by atoms with van der Waals surface area (Å²) in [5, 5.41) is 0. The fraction of sp³-hybridized carbons (Fsp3) is 0.689. The molecule has 0 bridgehead atoms. The minimum atomic E-state index is -0.787.